The van der Waals surface area contributed by atoms with Gasteiger partial charge < -0.3 is 14.6 Å². The first-order valence-corrected chi connectivity index (χ1v) is 8.41. The number of nitrogens with zero attached hydrogens (tertiary/aromatic N) is 2. The number of aromatic nitrogens is 2. The van der Waals surface area contributed by atoms with E-state index in [0.717, 1.165) is 0 Å². The van der Waals surface area contributed by atoms with E-state index in [0.29, 0.717) is 21.9 Å². The molecule has 23 heavy (non-hydrogen) atoms. The standard InChI is InChI=1S/C14H14BrN3O4S/c1-2-22-13(21)5-10-8-23-14(16-10)17-11(19)7-18-6-9(15)3-4-12(18)20/h3-4,6,8H,2,5,7H2,1H3,(H,16,17,19). The monoisotopic (exact) mass is 399 g/mol. The molecule has 0 radical (unpaired) electrons. The minimum atomic E-state index is -0.373. The largest absolute Gasteiger partial charge is 0.466 e. The van der Waals surface area contributed by atoms with E-state index in [1.165, 1.54) is 28.2 Å². The molecule has 0 spiro atoms. The smallest absolute Gasteiger partial charge is 0.311 e. The molecule has 122 valence electrons. The number of thiazole rings is 1. The van der Waals surface area contributed by atoms with Crippen LogP contribution in [0.1, 0.15) is 12.6 Å². The van der Waals surface area contributed by atoms with Gasteiger partial charge in [-0.05, 0) is 28.9 Å². The second kappa shape index (κ2) is 8.02. The van der Waals surface area contributed by atoms with Crippen molar-refractivity contribution in [2.75, 3.05) is 11.9 Å². The molecule has 0 bridgehead atoms. The van der Waals surface area contributed by atoms with Crippen LogP contribution < -0.4 is 10.9 Å². The molecule has 0 aromatic carbocycles. The number of hydrogen-bond donors (Lipinski definition) is 1. The Kier molecular flexibility index (Phi) is 6.05. The van der Waals surface area contributed by atoms with Crippen molar-refractivity contribution in [3.8, 4) is 0 Å². The van der Waals surface area contributed by atoms with Gasteiger partial charge in [0.25, 0.3) is 5.56 Å². The van der Waals surface area contributed by atoms with Crippen molar-refractivity contribution in [1.82, 2.24) is 9.55 Å². The average molecular weight is 400 g/mol. The fraction of sp³-hybridized carbons (Fsp3) is 0.286. The number of pyridine rings is 1. The van der Waals surface area contributed by atoms with E-state index in [9.17, 15) is 14.4 Å². The Morgan fingerprint density at radius 2 is 2.22 bits per heavy atom. The van der Waals surface area contributed by atoms with E-state index < -0.39 is 0 Å². The number of nitrogens with one attached hydrogen (secondary N) is 1. The van der Waals surface area contributed by atoms with Gasteiger partial charge in [0.1, 0.15) is 6.54 Å². The summed E-state index contributed by atoms with van der Waals surface area (Å²) in [4.78, 5) is 39.1. The SMILES string of the molecule is CCOC(=O)Cc1csc(NC(=O)Cn2cc(Br)ccc2=O)n1. The molecule has 2 aromatic rings. The maximum atomic E-state index is 12.0. The molecule has 0 atom stereocenters. The number of esters is 1. The van der Waals surface area contributed by atoms with Crippen molar-refractivity contribution in [2.24, 2.45) is 0 Å². The van der Waals surface area contributed by atoms with Crippen LogP contribution in [0.4, 0.5) is 5.13 Å². The highest BCUT2D eigenvalue weighted by Gasteiger charge is 2.11. The minimum Gasteiger partial charge on any atom is -0.466 e. The van der Waals surface area contributed by atoms with E-state index in [1.807, 2.05) is 0 Å². The van der Waals surface area contributed by atoms with Gasteiger partial charge in [0.2, 0.25) is 5.91 Å². The lowest BCUT2D eigenvalue weighted by Gasteiger charge is -2.05. The molecule has 7 nitrogen and oxygen atoms in total. The summed E-state index contributed by atoms with van der Waals surface area (Å²) in [6, 6.07) is 2.98. The van der Waals surface area contributed by atoms with Crippen LogP contribution >= 0.6 is 27.3 Å². The summed E-state index contributed by atoms with van der Waals surface area (Å²) in [6.45, 7) is 1.92. The third kappa shape index (κ3) is 5.29. The Morgan fingerprint density at radius 1 is 1.43 bits per heavy atom. The van der Waals surface area contributed by atoms with Gasteiger partial charge >= 0.3 is 5.97 Å². The average Bonchev–Trinajstić information content (AvgIpc) is 2.90. The predicted molar refractivity (Wildman–Crippen MR) is 89.5 cm³/mol. The highest BCUT2D eigenvalue weighted by atomic mass is 79.9. The molecule has 0 unspecified atom stereocenters. The predicted octanol–water partition coefficient (Wildman–Crippen LogP) is 1.81. The van der Waals surface area contributed by atoms with Crippen LogP contribution in [0.2, 0.25) is 0 Å². The second-order valence-corrected chi connectivity index (χ2v) is 6.26. The number of amides is 1. The normalized spacial score (nSPS) is 10.3. The summed E-state index contributed by atoms with van der Waals surface area (Å²) in [7, 11) is 0. The number of rotatable bonds is 6. The van der Waals surface area contributed by atoms with Gasteiger partial charge in [0, 0.05) is 22.1 Å². The van der Waals surface area contributed by atoms with Crippen LogP contribution in [0, 0.1) is 0 Å². The molecule has 0 saturated carbocycles. The lowest BCUT2D eigenvalue weighted by Crippen LogP contribution is -2.26. The number of halogens is 1. The molecular weight excluding hydrogens is 386 g/mol. The van der Waals surface area contributed by atoms with Gasteiger partial charge in [0.15, 0.2) is 5.13 Å². The second-order valence-electron chi connectivity index (χ2n) is 4.49. The molecule has 9 heteroatoms. The fourth-order valence-corrected chi connectivity index (χ4v) is 2.85. The molecule has 0 aliphatic rings. The van der Waals surface area contributed by atoms with Crippen LogP contribution in [-0.2, 0) is 27.3 Å². The van der Waals surface area contributed by atoms with E-state index in [2.05, 4.69) is 26.2 Å². The summed E-state index contributed by atoms with van der Waals surface area (Å²) in [6.07, 6.45) is 1.60. The van der Waals surface area contributed by atoms with E-state index >= 15 is 0 Å². The van der Waals surface area contributed by atoms with Crippen molar-refractivity contribution in [3.05, 3.63) is 44.2 Å². The van der Waals surface area contributed by atoms with Crippen molar-refractivity contribution < 1.29 is 14.3 Å². The Labute approximate surface area is 144 Å². The molecule has 0 aliphatic heterocycles. The Morgan fingerprint density at radius 3 is 2.96 bits per heavy atom. The molecule has 1 amide bonds. The lowest BCUT2D eigenvalue weighted by atomic mass is 10.3. The topological polar surface area (TPSA) is 90.3 Å². The Bertz CT molecular complexity index is 771. The maximum Gasteiger partial charge on any atom is 0.311 e. The molecule has 0 saturated heterocycles. The van der Waals surface area contributed by atoms with Gasteiger partial charge in [-0.1, -0.05) is 0 Å². The minimum absolute atomic E-state index is 0.0608. The molecule has 0 fully saturated rings. The lowest BCUT2D eigenvalue weighted by molar-refractivity contribution is -0.142. The number of carbonyl (C=O) groups excluding carboxylic acids is 2. The van der Waals surface area contributed by atoms with Crippen LogP contribution in [0.15, 0.2) is 33.0 Å². The first-order chi connectivity index (χ1) is 11.0. The van der Waals surface area contributed by atoms with Crippen molar-refractivity contribution >= 4 is 44.3 Å². The highest BCUT2D eigenvalue weighted by molar-refractivity contribution is 9.10. The Balaban J connectivity index is 1.95. The summed E-state index contributed by atoms with van der Waals surface area (Å²) in [5, 5.41) is 4.65. The van der Waals surface area contributed by atoms with Crippen LogP contribution in [0.25, 0.3) is 0 Å². The molecule has 2 rings (SSSR count). The van der Waals surface area contributed by atoms with Crippen molar-refractivity contribution in [2.45, 2.75) is 19.9 Å². The van der Waals surface area contributed by atoms with Crippen LogP contribution in [0.5, 0.6) is 0 Å². The van der Waals surface area contributed by atoms with Gasteiger partial charge in [-0.3, -0.25) is 14.4 Å². The first-order valence-electron chi connectivity index (χ1n) is 6.74. The summed E-state index contributed by atoms with van der Waals surface area (Å²) in [5.41, 5.74) is 0.258. The quantitative estimate of drug-likeness (QED) is 0.747. The van der Waals surface area contributed by atoms with E-state index in [4.69, 9.17) is 4.74 Å². The third-order valence-electron chi connectivity index (χ3n) is 2.69. The molecule has 0 aliphatic carbocycles. The number of ether oxygens (including phenoxy) is 1. The van der Waals surface area contributed by atoms with Crippen LogP contribution in [0.3, 0.4) is 0 Å². The zero-order chi connectivity index (χ0) is 16.8. The molecule has 2 heterocycles. The number of hydrogen-bond acceptors (Lipinski definition) is 6. The van der Waals surface area contributed by atoms with Gasteiger partial charge in [-0.2, -0.15) is 0 Å². The Hall–Kier alpha value is -2.00. The third-order valence-corrected chi connectivity index (χ3v) is 3.97. The van der Waals surface area contributed by atoms with Crippen molar-refractivity contribution in [1.29, 1.82) is 0 Å². The summed E-state index contributed by atoms with van der Waals surface area (Å²) < 4.78 is 6.82. The zero-order valence-electron chi connectivity index (χ0n) is 12.2. The first kappa shape index (κ1) is 17.4. The number of carbonyl (C=O) groups is 2. The van der Waals surface area contributed by atoms with Gasteiger partial charge in [-0.15, -0.1) is 11.3 Å². The molecule has 1 N–H and O–H groups in total. The summed E-state index contributed by atoms with van der Waals surface area (Å²) >= 11 is 4.45. The highest BCUT2D eigenvalue weighted by Crippen LogP contribution is 2.16. The fourth-order valence-electron chi connectivity index (χ4n) is 1.74. The van der Waals surface area contributed by atoms with E-state index in [1.54, 1.807) is 18.4 Å². The van der Waals surface area contributed by atoms with Crippen LogP contribution in [-0.4, -0.2) is 28.0 Å². The maximum absolute atomic E-state index is 12.0. The summed E-state index contributed by atoms with van der Waals surface area (Å²) in [5.74, 6) is -0.737. The van der Waals surface area contributed by atoms with Gasteiger partial charge in [0.05, 0.1) is 18.7 Å². The van der Waals surface area contributed by atoms with E-state index in [-0.39, 0.29) is 30.4 Å². The van der Waals surface area contributed by atoms with Gasteiger partial charge in [-0.25, -0.2) is 4.98 Å². The van der Waals surface area contributed by atoms with Crippen molar-refractivity contribution in [3.63, 3.8) is 0 Å². The molecular formula is C14H14BrN3O4S. The molecule has 2 aromatic heterocycles. The zero-order valence-corrected chi connectivity index (χ0v) is 14.6. The number of anilines is 1.